The van der Waals surface area contributed by atoms with Gasteiger partial charge in [0.2, 0.25) is 0 Å². The van der Waals surface area contributed by atoms with Crippen molar-refractivity contribution in [2.45, 2.75) is 50.4 Å². The molecule has 2 aromatic rings. The molecule has 8 heteroatoms. The maximum Gasteiger partial charge on any atom is 0.416 e. The molecule has 3 nitrogen and oxygen atoms in total. The second-order valence-electron chi connectivity index (χ2n) is 7.64. The van der Waals surface area contributed by atoms with Crippen LogP contribution in [0.3, 0.4) is 0 Å². The van der Waals surface area contributed by atoms with Gasteiger partial charge >= 0.3 is 12.2 Å². The number of hydrogen-bond donors (Lipinski definition) is 1. The second-order valence-corrected chi connectivity index (χ2v) is 7.64. The van der Waals surface area contributed by atoms with Crippen LogP contribution in [-0.2, 0) is 6.18 Å². The fraction of sp³-hybridized carbons (Fsp3) is 0.409. The number of alkyl halides is 3. The number of carbonyl (C=O) groups excluding carboxylic acids is 1. The van der Waals surface area contributed by atoms with E-state index in [2.05, 4.69) is 5.32 Å². The number of rotatable bonds is 4. The number of amides is 2. The van der Waals surface area contributed by atoms with Gasteiger partial charge in [0.15, 0.2) is 11.6 Å². The normalized spacial score (nSPS) is 20.1. The Morgan fingerprint density at radius 1 is 1.10 bits per heavy atom. The van der Waals surface area contributed by atoms with Crippen molar-refractivity contribution in [3.05, 3.63) is 70.8 Å². The monoisotopic (exact) mass is 426 g/mol. The molecule has 3 rings (SSSR count). The van der Waals surface area contributed by atoms with Crippen molar-refractivity contribution in [3.63, 3.8) is 0 Å². The highest BCUT2D eigenvalue weighted by Crippen LogP contribution is 2.41. The SMILES string of the molecule is CC(c1ccc(F)c(F)c1)N(C)C(=O)NC1CCCC1c1ccccc1C(F)(F)F. The fourth-order valence-corrected chi connectivity index (χ4v) is 4.02. The number of nitrogens with zero attached hydrogens (tertiary/aromatic N) is 1. The average molecular weight is 426 g/mol. The maximum atomic E-state index is 13.5. The summed E-state index contributed by atoms with van der Waals surface area (Å²) in [4.78, 5) is 14.1. The van der Waals surface area contributed by atoms with E-state index in [1.54, 1.807) is 13.0 Å². The van der Waals surface area contributed by atoms with E-state index in [1.807, 2.05) is 0 Å². The van der Waals surface area contributed by atoms with Gasteiger partial charge in [-0.2, -0.15) is 13.2 Å². The van der Waals surface area contributed by atoms with Gasteiger partial charge in [-0.15, -0.1) is 0 Å². The van der Waals surface area contributed by atoms with Crippen LogP contribution in [0, 0.1) is 11.6 Å². The van der Waals surface area contributed by atoms with Crippen molar-refractivity contribution in [2.75, 3.05) is 7.05 Å². The van der Waals surface area contributed by atoms with E-state index >= 15 is 0 Å². The molecule has 0 saturated heterocycles. The molecular formula is C22H23F5N2O. The van der Waals surface area contributed by atoms with Gasteiger partial charge in [-0.05, 0) is 49.1 Å². The number of carbonyl (C=O) groups is 1. The smallest absolute Gasteiger partial charge is 0.335 e. The van der Waals surface area contributed by atoms with E-state index in [-0.39, 0.29) is 5.56 Å². The first-order valence-corrected chi connectivity index (χ1v) is 9.74. The summed E-state index contributed by atoms with van der Waals surface area (Å²) in [6, 6.07) is 7.39. The Morgan fingerprint density at radius 3 is 2.47 bits per heavy atom. The van der Waals surface area contributed by atoms with Crippen LogP contribution in [0.2, 0.25) is 0 Å². The predicted octanol–water partition coefficient (Wildman–Crippen LogP) is 6.02. The van der Waals surface area contributed by atoms with Crippen molar-refractivity contribution in [2.24, 2.45) is 0 Å². The van der Waals surface area contributed by atoms with E-state index < -0.39 is 47.4 Å². The molecule has 3 atom stereocenters. The molecule has 1 aliphatic carbocycles. The number of hydrogen-bond acceptors (Lipinski definition) is 1. The predicted molar refractivity (Wildman–Crippen MR) is 103 cm³/mol. The zero-order valence-corrected chi connectivity index (χ0v) is 16.6. The lowest BCUT2D eigenvalue weighted by molar-refractivity contribution is -0.138. The minimum atomic E-state index is -4.47. The highest BCUT2D eigenvalue weighted by Gasteiger charge is 2.39. The van der Waals surface area contributed by atoms with Gasteiger partial charge in [-0.1, -0.05) is 30.7 Å². The highest BCUT2D eigenvalue weighted by atomic mass is 19.4. The third kappa shape index (κ3) is 4.57. The van der Waals surface area contributed by atoms with Gasteiger partial charge in [-0.25, -0.2) is 13.6 Å². The van der Waals surface area contributed by atoms with Gasteiger partial charge in [0, 0.05) is 19.0 Å². The van der Waals surface area contributed by atoms with Gasteiger partial charge < -0.3 is 10.2 Å². The van der Waals surface area contributed by atoms with Crippen molar-refractivity contribution < 1.29 is 26.7 Å². The van der Waals surface area contributed by atoms with Gasteiger partial charge in [0.05, 0.1) is 11.6 Å². The van der Waals surface area contributed by atoms with Crippen LogP contribution in [0.25, 0.3) is 0 Å². The second kappa shape index (κ2) is 8.62. The first kappa shape index (κ1) is 22.1. The first-order valence-electron chi connectivity index (χ1n) is 9.74. The van der Waals surface area contributed by atoms with E-state index in [1.165, 1.54) is 30.1 Å². The quantitative estimate of drug-likeness (QED) is 0.596. The van der Waals surface area contributed by atoms with Crippen molar-refractivity contribution >= 4 is 6.03 Å². The molecule has 1 N–H and O–H groups in total. The lowest BCUT2D eigenvalue weighted by Crippen LogP contribution is -2.45. The van der Waals surface area contributed by atoms with E-state index in [4.69, 9.17) is 0 Å². The van der Waals surface area contributed by atoms with Crippen LogP contribution < -0.4 is 5.32 Å². The molecule has 0 radical (unpaired) electrons. The van der Waals surface area contributed by atoms with Gasteiger partial charge in [0.25, 0.3) is 0 Å². The fourth-order valence-electron chi connectivity index (χ4n) is 4.02. The molecule has 2 aromatic carbocycles. The maximum absolute atomic E-state index is 13.5. The summed E-state index contributed by atoms with van der Waals surface area (Å²) in [5, 5.41) is 2.83. The Hall–Kier alpha value is -2.64. The molecule has 1 saturated carbocycles. The number of urea groups is 1. The zero-order valence-electron chi connectivity index (χ0n) is 16.6. The molecule has 2 amide bonds. The topological polar surface area (TPSA) is 32.3 Å². The number of halogens is 5. The van der Waals surface area contributed by atoms with Crippen LogP contribution >= 0.6 is 0 Å². The molecular weight excluding hydrogens is 403 g/mol. The molecule has 0 aromatic heterocycles. The Labute approximate surface area is 171 Å². The summed E-state index contributed by atoms with van der Waals surface area (Å²) in [7, 11) is 1.51. The standard InChI is InChI=1S/C22H23F5N2O/c1-13(14-10-11-18(23)19(24)12-14)29(2)21(30)28-20-9-5-7-16(20)15-6-3-4-8-17(15)22(25,26)27/h3-4,6,8,10-13,16,20H,5,7,9H2,1-2H3,(H,28,30). The summed E-state index contributed by atoms with van der Waals surface area (Å²) >= 11 is 0. The average Bonchev–Trinajstić information content (AvgIpc) is 3.16. The van der Waals surface area contributed by atoms with E-state index in [0.717, 1.165) is 18.2 Å². The summed E-state index contributed by atoms with van der Waals surface area (Å²) in [6.07, 6.45) is -2.66. The Balaban J connectivity index is 1.75. The Bertz CT molecular complexity index is 915. The lowest BCUT2D eigenvalue weighted by atomic mass is 9.90. The summed E-state index contributed by atoms with van der Waals surface area (Å²) in [6.45, 7) is 1.66. The molecule has 0 spiro atoms. The molecule has 1 fully saturated rings. The summed E-state index contributed by atoms with van der Waals surface area (Å²) in [5.74, 6) is -2.43. The number of nitrogens with one attached hydrogen (secondary N) is 1. The van der Waals surface area contributed by atoms with E-state index in [9.17, 15) is 26.7 Å². The molecule has 0 heterocycles. The lowest BCUT2D eigenvalue weighted by Gasteiger charge is -2.30. The van der Waals surface area contributed by atoms with Crippen LogP contribution in [0.15, 0.2) is 42.5 Å². The summed E-state index contributed by atoms with van der Waals surface area (Å²) in [5.41, 5.74) is -0.0827. The van der Waals surface area contributed by atoms with Gasteiger partial charge in [0.1, 0.15) is 0 Å². The largest absolute Gasteiger partial charge is 0.416 e. The zero-order chi connectivity index (χ0) is 22.1. The highest BCUT2D eigenvalue weighted by molar-refractivity contribution is 5.75. The van der Waals surface area contributed by atoms with Crippen molar-refractivity contribution in [1.29, 1.82) is 0 Å². The minimum Gasteiger partial charge on any atom is -0.335 e. The molecule has 1 aliphatic rings. The molecule has 162 valence electrons. The summed E-state index contributed by atoms with van der Waals surface area (Å²) < 4.78 is 66.9. The third-order valence-electron chi connectivity index (χ3n) is 5.82. The first-order chi connectivity index (χ1) is 14.1. The third-order valence-corrected chi connectivity index (χ3v) is 5.82. The van der Waals surface area contributed by atoms with Crippen molar-refractivity contribution in [1.82, 2.24) is 10.2 Å². The Morgan fingerprint density at radius 2 is 1.80 bits per heavy atom. The van der Waals surface area contributed by atoms with Crippen LogP contribution in [-0.4, -0.2) is 24.0 Å². The van der Waals surface area contributed by atoms with Crippen LogP contribution in [0.5, 0.6) is 0 Å². The van der Waals surface area contributed by atoms with Crippen LogP contribution in [0.1, 0.15) is 54.8 Å². The van der Waals surface area contributed by atoms with Crippen LogP contribution in [0.4, 0.5) is 26.7 Å². The molecule has 3 unspecified atom stereocenters. The molecule has 30 heavy (non-hydrogen) atoms. The van der Waals surface area contributed by atoms with Crippen molar-refractivity contribution in [3.8, 4) is 0 Å². The number of benzene rings is 2. The van der Waals surface area contributed by atoms with Gasteiger partial charge in [-0.3, -0.25) is 0 Å². The minimum absolute atomic E-state index is 0.184. The van der Waals surface area contributed by atoms with E-state index in [0.29, 0.717) is 24.8 Å². The Kier molecular flexibility index (Phi) is 6.33. The molecule has 0 bridgehead atoms. The molecule has 0 aliphatic heterocycles.